The minimum absolute atomic E-state index is 0.376. The zero-order valence-corrected chi connectivity index (χ0v) is 9.13. The zero-order valence-electron chi connectivity index (χ0n) is 9.13. The Bertz CT molecular complexity index is 130. The van der Waals surface area contributed by atoms with Gasteiger partial charge in [0.1, 0.15) is 0 Å². The van der Waals surface area contributed by atoms with E-state index in [0.717, 1.165) is 19.0 Å². The first-order valence-corrected chi connectivity index (χ1v) is 5.77. The summed E-state index contributed by atoms with van der Waals surface area (Å²) in [6, 6.07) is 1.21. The fraction of sp³-hybridized carbons (Fsp3) is 1.00. The van der Waals surface area contributed by atoms with Crippen LogP contribution in [0.2, 0.25) is 0 Å². The second kappa shape index (κ2) is 5.61. The summed E-state index contributed by atoms with van der Waals surface area (Å²) in [4.78, 5) is 2.57. The molecule has 1 unspecified atom stereocenters. The van der Waals surface area contributed by atoms with Crippen LogP contribution < -0.4 is 5.73 Å². The van der Waals surface area contributed by atoms with Crippen molar-refractivity contribution in [2.45, 2.75) is 58.0 Å². The van der Waals surface area contributed by atoms with Crippen LogP contribution in [0.1, 0.15) is 46.0 Å². The maximum absolute atomic E-state index is 5.98. The molecule has 13 heavy (non-hydrogen) atoms. The van der Waals surface area contributed by atoms with Crippen molar-refractivity contribution in [2.75, 3.05) is 13.1 Å². The Morgan fingerprint density at radius 2 is 1.92 bits per heavy atom. The first-order valence-electron chi connectivity index (χ1n) is 5.77. The Morgan fingerprint density at radius 1 is 1.31 bits per heavy atom. The van der Waals surface area contributed by atoms with Gasteiger partial charge in [0.2, 0.25) is 0 Å². The number of rotatable bonds is 5. The van der Waals surface area contributed by atoms with Gasteiger partial charge < -0.3 is 5.73 Å². The molecular weight excluding hydrogens is 160 g/mol. The second-order valence-corrected chi connectivity index (χ2v) is 4.19. The summed E-state index contributed by atoms with van der Waals surface area (Å²) in [5.74, 6) is 0. The average molecular weight is 184 g/mol. The SMILES string of the molecule is CCC(N)CN(CC)C1CCCC1. The molecule has 78 valence electrons. The lowest BCUT2D eigenvalue weighted by atomic mass is 10.1. The Balaban J connectivity index is 2.32. The van der Waals surface area contributed by atoms with E-state index in [2.05, 4.69) is 18.7 Å². The molecule has 0 saturated heterocycles. The van der Waals surface area contributed by atoms with Crippen molar-refractivity contribution < 1.29 is 0 Å². The van der Waals surface area contributed by atoms with Gasteiger partial charge in [-0.15, -0.1) is 0 Å². The van der Waals surface area contributed by atoms with E-state index in [1.807, 2.05) is 0 Å². The van der Waals surface area contributed by atoms with Gasteiger partial charge >= 0.3 is 0 Å². The van der Waals surface area contributed by atoms with Gasteiger partial charge in [0.05, 0.1) is 0 Å². The molecule has 0 bridgehead atoms. The van der Waals surface area contributed by atoms with Crippen LogP contribution in [0, 0.1) is 0 Å². The molecule has 0 heterocycles. The summed E-state index contributed by atoms with van der Waals surface area (Å²) in [6.45, 7) is 6.68. The number of nitrogens with zero attached hydrogens (tertiary/aromatic N) is 1. The summed E-state index contributed by atoms with van der Waals surface area (Å²) in [5, 5.41) is 0. The standard InChI is InChI=1S/C11H24N2/c1-3-10(12)9-13(4-2)11-7-5-6-8-11/h10-11H,3-9,12H2,1-2H3. The van der Waals surface area contributed by atoms with E-state index in [9.17, 15) is 0 Å². The van der Waals surface area contributed by atoms with E-state index in [-0.39, 0.29) is 0 Å². The van der Waals surface area contributed by atoms with Gasteiger partial charge in [0.25, 0.3) is 0 Å². The van der Waals surface area contributed by atoms with E-state index < -0.39 is 0 Å². The summed E-state index contributed by atoms with van der Waals surface area (Å²) >= 11 is 0. The van der Waals surface area contributed by atoms with Gasteiger partial charge in [0, 0.05) is 18.6 Å². The van der Waals surface area contributed by atoms with Crippen LogP contribution in [-0.2, 0) is 0 Å². The lowest BCUT2D eigenvalue weighted by Crippen LogP contribution is -2.42. The molecule has 0 aromatic heterocycles. The smallest absolute Gasteiger partial charge is 0.0165 e. The highest BCUT2D eigenvalue weighted by atomic mass is 15.2. The summed E-state index contributed by atoms with van der Waals surface area (Å²) in [7, 11) is 0. The Labute approximate surface area is 82.5 Å². The largest absolute Gasteiger partial charge is 0.327 e. The van der Waals surface area contributed by atoms with E-state index >= 15 is 0 Å². The zero-order chi connectivity index (χ0) is 9.68. The molecule has 0 aromatic carbocycles. The van der Waals surface area contributed by atoms with Crippen molar-refractivity contribution in [1.82, 2.24) is 4.90 Å². The highest BCUT2D eigenvalue weighted by molar-refractivity contribution is 4.79. The average Bonchev–Trinajstić information content (AvgIpc) is 2.66. The van der Waals surface area contributed by atoms with Crippen LogP contribution in [0.3, 0.4) is 0 Å². The molecule has 0 spiro atoms. The third-order valence-electron chi connectivity index (χ3n) is 3.24. The Hall–Kier alpha value is -0.0800. The summed E-state index contributed by atoms with van der Waals surface area (Å²) < 4.78 is 0. The molecular formula is C11H24N2. The van der Waals surface area contributed by atoms with Crippen molar-refractivity contribution >= 4 is 0 Å². The van der Waals surface area contributed by atoms with Gasteiger partial charge in [-0.05, 0) is 25.8 Å². The molecule has 0 radical (unpaired) electrons. The van der Waals surface area contributed by atoms with Crippen molar-refractivity contribution in [3.8, 4) is 0 Å². The molecule has 2 N–H and O–H groups in total. The molecule has 2 nitrogen and oxygen atoms in total. The highest BCUT2D eigenvalue weighted by Gasteiger charge is 2.21. The van der Waals surface area contributed by atoms with Crippen LogP contribution in [-0.4, -0.2) is 30.1 Å². The number of hydrogen-bond donors (Lipinski definition) is 1. The maximum atomic E-state index is 5.98. The van der Waals surface area contributed by atoms with Crippen molar-refractivity contribution in [1.29, 1.82) is 0 Å². The number of likely N-dealkylation sites (N-methyl/N-ethyl adjacent to an activating group) is 1. The fourth-order valence-corrected chi connectivity index (χ4v) is 2.24. The van der Waals surface area contributed by atoms with Crippen LogP contribution in [0.25, 0.3) is 0 Å². The predicted octanol–water partition coefficient (Wildman–Crippen LogP) is 1.99. The van der Waals surface area contributed by atoms with Crippen LogP contribution >= 0.6 is 0 Å². The first kappa shape index (κ1) is 11.0. The predicted molar refractivity (Wildman–Crippen MR) is 57.8 cm³/mol. The molecule has 1 aliphatic carbocycles. The van der Waals surface area contributed by atoms with E-state index in [1.165, 1.54) is 32.2 Å². The molecule has 1 saturated carbocycles. The van der Waals surface area contributed by atoms with Gasteiger partial charge in [-0.2, -0.15) is 0 Å². The van der Waals surface area contributed by atoms with E-state index in [4.69, 9.17) is 5.73 Å². The van der Waals surface area contributed by atoms with Gasteiger partial charge in [-0.1, -0.05) is 26.7 Å². The van der Waals surface area contributed by atoms with Crippen molar-refractivity contribution in [2.24, 2.45) is 5.73 Å². The Morgan fingerprint density at radius 3 is 2.38 bits per heavy atom. The molecule has 0 aromatic rings. The monoisotopic (exact) mass is 184 g/mol. The topological polar surface area (TPSA) is 29.3 Å². The van der Waals surface area contributed by atoms with Gasteiger partial charge in [-0.3, -0.25) is 4.90 Å². The Kier molecular flexibility index (Phi) is 4.74. The quantitative estimate of drug-likeness (QED) is 0.708. The van der Waals surface area contributed by atoms with Crippen molar-refractivity contribution in [3.63, 3.8) is 0 Å². The molecule has 2 heteroatoms. The third kappa shape index (κ3) is 3.28. The third-order valence-corrected chi connectivity index (χ3v) is 3.24. The second-order valence-electron chi connectivity index (χ2n) is 4.19. The molecule has 1 aliphatic rings. The van der Waals surface area contributed by atoms with Crippen LogP contribution in [0.4, 0.5) is 0 Å². The maximum Gasteiger partial charge on any atom is 0.0165 e. The van der Waals surface area contributed by atoms with Crippen LogP contribution in [0.15, 0.2) is 0 Å². The van der Waals surface area contributed by atoms with E-state index in [1.54, 1.807) is 0 Å². The lowest BCUT2D eigenvalue weighted by molar-refractivity contribution is 0.195. The van der Waals surface area contributed by atoms with Gasteiger partial charge in [-0.25, -0.2) is 0 Å². The number of hydrogen-bond acceptors (Lipinski definition) is 2. The number of nitrogens with two attached hydrogens (primary N) is 1. The normalized spacial score (nSPS) is 21.2. The lowest BCUT2D eigenvalue weighted by Gasteiger charge is -2.29. The molecule has 1 atom stereocenters. The van der Waals surface area contributed by atoms with Crippen molar-refractivity contribution in [3.05, 3.63) is 0 Å². The first-order chi connectivity index (χ1) is 6.27. The van der Waals surface area contributed by atoms with Crippen LogP contribution in [0.5, 0.6) is 0 Å². The molecule has 1 fully saturated rings. The minimum atomic E-state index is 0.376. The van der Waals surface area contributed by atoms with Gasteiger partial charge in [0.15, 0.2) is 0 Å². The summed E-state index contributed by atoms with van der Waals surface area (Å²) in [6.07, 6.45) is 6.73. The summed E-state index contributed by atoms with van der Waals surface area (Å²) in [5.41, 5.74) is 5.98. The molecule has 1 rings (SSSR count). The molecule has 0 amide bonds. The highest BCUT2D eigenvalue weighted by Crippen LogP contribution is 2.23. The van der Waals surface area contributed by atoms with E-state index in [0.29, 0.717) is 6.04 Å². The minimum Gasteiger partial charge on any atom is -0.327 e. The molecule has 0 aliphatic heterocycles. The fourth-order valence-electron chi connectivity index (χ4n) is 2.24.